The molecule has 1 N–H and O–H groups in total. The number of aryl methyl sites for hydroxylation is 1. The Hall–Kier alpha value is -1.75. The van der Waals surface area contributed by atoms with E-state index in [9.17, 15) is 9.59 Å². The van der Waals surface area contributed by atoms with Crippen LogP contribution in [0.15, 0.2) is 18.5 Å². The van der Waals surface area contributed by atoms with Gasteiger partial charge in [-0.3, -0.25) is 19.5 Å². The molecule has 0 aromatic carbocycles. The van der Waals surface area contributed by atoms with Crippen molar-refractivity contribution < 1.29 is 9.59 Å². The second-order valence-corrected chi connectivity index (χ2v) is 4.82. The lowest BCUT2D eigenvalue weighted by Crippen LogP contribution is -2.38. The molecular weight excluding hydrogens is 242 g/mol. The van der Waals surface area contributed by atoms with E-state index in [-0.39, 0.29) is 18.2 Å². The first kappa shape index (κ1) is 13.7. The molecule has 2 rings (SSSR count). The summed E-state index contributed by atoms with van der Waals surface area (Å²) < 4.78 is 0. The zero-order chi connectivity index (χ0) is 13.8. The summed E-state index contributed by atoms with van der Waals surface area (Å²) >= 11 is 0. The highest BCUT2D eigenvalue weighted by Gasteiger charge is 2.37. The number of likely N-dealkylation sites (tertiary alicyclic amines) is 1. The van der Waals surface area contributed by atoms with Gasteiger partial charge in [-0.1, -0.05) is 6.92 Å². The van der Waals surface area contributed by atoms with Crippen LogP contribution in [-0.2, 0) is 16.1 Å². The third-order valence-corrected chi connectivity index (χ3v) is 3.38. The first-order valence-electron chi connectivity index (χ1n) is 6.60. The highest BCUT2D eigenvalue weighted by Crippen LogP contribution is 2.14. The van der Waals surface area contributed by atoms with Gasteiger partial charge in [-0.05, 0) is 30.5 Å². The number of hydrogen-bond acceptors (Lipinski definition) is 4. The van der Waals surface area contributed by atoms with Crippen LogP contribution in [0.3, 0.4) is 0 Å². The summed E-state index contributed by atoms with van der Waals surface area (Å²) in [6, 6.07) is 1.54. The number of aromatic nitrogens is 1. The fourth-order valence-corrected chi connectivity index (χ4v) is 2.22. The van der Waals surface area contributed by atoms with E-state index in [4.69, 9.17) is 0 Å². The van der Waals surface area contributed by atoms with Gasteiger partial charge >= 0.3 is 0 Å². The first-order chi connectivity index (χ1) is 9.13. The van der Waals surface area contributed by atoms with Crippen molar-refractivity contribution >= 4 is 11.8 Å². The Labute approximate surface area is 113 Å². The molecule has 5 heteroatoms. The Morgan fingerprint density at radius 2 is 2.26 bits per heavy atom. The van der Waals surface area contributed by atoms with E-state index >= 15 is 0 Å². The van der Waals surface area contributed by atoms with Crippen LogP contribution in [0.2, 0.25) is 0 Å². The Kier molecular flexibility index (Phi) is 4.27. The molecule has 1 aromatic heterocycles. The van der Waals surface area contributed by atoms with Gasteiger partial charge in [0.15, 0.2) is 0 Å². The maximum Gasteiger partial charge on any atom is 0.246 e. The van der Waals surface area contributed by atoms with Gasteiger partial charge in [0.25, 0.3) is 0 Å². The molecule has 1 atom stereocenters. The largest absolute Gasteiger partial charge is 0.301 e. The van der Waals surface area contributed by atoms with Crippen molar-refractivity contribution in [1.29, 1.82) is 0 Å². The average Bonchev–Trinajstić information content (AvgIpc) is 2.66. The number of rotatable bonds is 5. The van der Waals surface area contributed by atoms with Gasteiger partial charge in [-0.2, -0.15) is 0 Å². The van der Waals surface area contributed by atoms with Crippen LogP contribution >= 0.6 is 0 Å². The number of carbonyl (C=O) groups excluding carboxylic acids is 2. The van der Waals surface area contributed by atoms with E-state index in [0.29, 0.717) is 13.1 Å². The number of nitrogens with zero attached hydrogens (tertiary/aromatic N) is 2. The molecule has 102 valence electrons. The van der Waals surface area contributed by atoms with E-state index in [2.05, 4.69) is 10.3 Å². The molecule has 0 bridgehead atoms. The molecular formula is C14H19N3O2. The van der Waals surface area contributed by atoms with Crippen molar-refractivity contribution in [2.24, 2.45) is 0 Å². The highest BCUT2D eigenvalue weighted by atomic mass is 16.2. The van der Waals surface area contributed by atoms with Crippen LogP contribution in [0.25, 0.3) is 0 Å². The fraction of sp³-hybridized carbons (Fsp3) is 0.500. The van der Waals surface area contributed by atoms with Crippen LogP contribution in [0, 0.1) is 6.92 Å². The molecule has 0 radical (unpaired) electrons. The van der Waals surface area contributed by atoms with Crippen LogP contribution < -0.4 is 5.32 Å². The summed E-state index contributed by atoms with van der Waals surface area (Å²) in [5.41, 5.74) is 2.18. The molecule has 1 unspecified atom stereocenters. The standard InChI is InChI=1S/C14H19N3O2/c1-3-6-17-13(18)7-12(14(17)19)16-9-11-8-15-5-4-10(11)2/h4-5,8,12,16H,3,6-7,9H2,1-2H3. The molecule has 2 amide bonds. The maximum absolute atomic E-state index is 12.0. The number of pyridine rings is 1. The van der Waals surface area contributed by atoms with Crippen molar-refractivity contribution in [2.75, 3.05) is 6.54 Å². The third-order valence-electron chi connectivity index (χ3n) is 3.38. The molecule has 19 heavy (non-hydrogen) atoms. The second kappa shape index (κ2) is 5.93. The minimum atomic E-state index is -0.390. The van der Waals surface area contributed by atoms with Gasteiger partial charge < -0.3 is 5.32 Å². The minimum absolute atomic E-state index is 0.0766. The quantitative estimate of drug-likeness (QED) is 0.804. The smallest absolute Gasteiger partial charge is 0.246 e. The first-order valence-corrected chi connectivity index (χ1v) is 6.60. The Morgan fingerprint density at radius 1 is 1.47 bits per heavy atom. The molecule has 0 spiro atoms. The zero-order valence-corrected chi connectivity index (χ0v) is 11.3. The normalized spacial score (nSPS) is 19.3. The molecule has 1 aromatic rings. The topological polar surface area (TPSA) is 62.3 Å². The summed E-state index contributed by atoms with van der Waals surface area (Å²) in [5.74, 6) is -0.180. The SMILES string of the molecule is CCCN1C(=O)CC(NCc2cnccc2C)C1=O. The molecule has 1 fully saturated rings. The minimum Gasteiger partial charge on any atom is -0.301 e. The summed E-state index contributed by atoms with van der Waals surface area (Å²) in [6.07, 6.45) is 4.59. The van der Waals surface area contributed by atoms with E-state index in [0.717, 1.165) is 17.5 Å². The monoisotopic (exact) mass is 261 g/mol. The fourth-order valence-electron chi connectivity index (χ4n) is 2.22. The summed E-state index contributed by atoms with van der Waals surface area (Å²) in [4.78, 5) is 29.2. The molecule has 0 saturated carbocycles. The lowest BCUT2D eigenvalue weighted by Gasteiger charge is -2.14. The Bertz CT molecular complexity index is 487. The molecule has 1 aliphatic rings. The molecule has 1 aliphatic heterocycles. The Morgan fingerprint density at radius 3 is 2.95 bits per heavy atom. The van der Waals surface area contributed by atoms with Gasteiger partial charge in [0.05, 0.1) is 12.5 Å². The average molecular weight is 261 g/mol. The number of carbonyl (C=O) groups is 2. The van der Waals surface area contributed by atoms with Crippen molar-refractivity contribution in [1.82, 2.24) is 15.2 Å². The Balaban J connectivity index is 1.96. The van der Waals surface area contributed by atoms with Crippen molar-refractivity contribution in [3.05, 3.63) is 29.6 Å². The van der Waals surface area contributed by atoms with Crippen LogP contribution in [-0.4, -0.2) is 34.3 Å². The van der Waals surface area contributed by atoms with E-state index in [1.54, 1.807) is 12.4 Å². The lowest BCUT2D eigenvalue weighted by molar-refractivity contribution is -0.138. The van der Waals surface area contributed by atoms with Gasteiger partial charge in [-0.25, -0.2) is 0 Å². The predicted octanol–water partition coefficient (Wildman–Crippen LogP) is 1.02. The van der Waals surface area contributed by atoms with Crippen LogP contribution in [0.1, 0.15) is 30.9 Å². The van der Waals surface area contributed by atoms with Gasteiger partial charge in [0, 0.05) is 25.5 Å². The number of hydrogen-bond donors (Lipinski definition) is 1. The lowest BCUT2D eigenvalue weighted by atomic mass is 10.1. The summed E-state index contributed by atoms with van der Waals surface area (Å²) in [5, 5.41) is 3.16. The van der Waals surface area contributed by atoms with Gasteiger partial charge in [0.1, 0.15) is 0 Å². The zero-order valence-electron chi connectivity index (χ0n) is 11.3. The predicted molar refractivity (Wildman–Crippen MR) is 71.2 cm³/mol. The molecule has 2 heterocycles. The van der Waals surface area contributed by atoms with Gasteiger partial charge in [-0.15, -0.1) is 0 Å². The van der Waals surface area contributed by atoms with Crippen molar-refractivity contribution in [3.63, 3.8) is 0 Å². The molecule has 0 aliphatic carbocycles. The summed E-state index contributed by atoms with van der Waals surface area (Å²) in [7, 11) is 0. The molecule has 5 nitrogen and oxygen atoms in total. The third kappa shape index (κ3) is 2.98. The number of nitrogens with one attached hydrogen (secondary N) is 1. The maximum atomic E-state index is 12.0. The number of imide groups is 1. The van der Waals surface area contributed by atoms with E-state index in [1.807, 2.05) is 19.9 Å². The molecule has 1 saturated heterocycles. The van der Waals surface area contributed by atoms with Crippen LogP contribution in [0.5, 0.6) is 0 Å². The van der Waals surface area contributed by atoms with Gasteiger partial charge in [0.2, 0.25) is 11.8 Å². The number of amides is 2. The van der Waals surface area contributed by atoms with Crippen LogP contribution in [0.4, 0.5) is 0 Å². The highest BCUT2D eigenvalue weighted by molar-refractivity contribution is 6.05. The van der Waals surface area contributed by atoms with E-state index < -0.39 is 6.04 Å². The van der Waals surface area contributed by atoms with E-state index in [1.165, 1.54) is 4.90 Å². The van der Waals surface area contributed by atoms with Crippen molar-refractivity contribution in [2.45, 2.75) is 39.3 Å². The van der Waals surface area contributed by atoms with Crippen molar-refractivity contribution in [3.8, 4) is 0 Å². The second-order valence-electron chi connectivity index (χ2n) is 4.82. The summed E-state index contributed by atoms with van der Waals surface area (Å²) in [6.45, 7) is 5.04.